The molecule has 2 aromatic carbocycles. The minimum absolute atomic E-state index is 0.0730. The van der Waals surface area contributed by atoms with E-state index in [-0.39, 0.29) is 33.3 Å². The Morgan fingerprint density at radius 1 is 0.506 bits per heavy atom. The van der Waals surface area contributed by atoms with Gasteiger partial charge in [-0.25, -0.2) is 35.7 Å². The van der Waals surface area contributed by atoms with Crippen molar-refractivity contribution in [2.45, 2.75) is 40.7 Å². The van der Waals surface area contributed by atoms with Crippen LogP contribution < -0.4 is 0 Å². The lowest BCUT2D eigenvalue weighted by Gasteiger charge is -2.21. The molecule has 9 aromatic rings. The van der Waals surface area contributed by atoms with Gasteiger partial charge in [-0.2, -0.15) is 38.4 Å². The number of carbonyl (C=O) groups excluding carboxylic acids is 3. The summed E-state index contributed by atoms with van der Waals surface area (Å²) in [6.07, 6.45) is 9.41. The largest absolute Gasteiger partial charge is 0.463 e. The van der Waals surface area contributed by atoms with Crippen molar-refractivity contribution in [3.63, 3.8) is 0 Å². The molecule has 0 amide bonds. The second-order valence-corrected chi connectivity index (χ2v) is 26.1. The third-order valence-electron chi connectivity index (χ3n) is 15.1. The molecular formula is C60H57F4N7O15S3. The molecule has 29 heteroatoms. The number of aromatic nitrogens is 4. The number of rotatable bonds is 12. The second kappa shape index (κ2) is 25.0. The van der Waals surface area contributed by atoms with Crippen molar-refractivity contribution in [3.05, 3.63) is 173 Å². The van der Waals surface area contributed by atoms with E-state index < -0.39 is 75.7 Å². The molecule has 0 aliphatic carbocycles. The maximum atomic E-state index is 13.9. The van der Waals surface area contributed by atoms with E-state index in [4.69, 9.17) is 13.3 Å². The molecule has 0 bridgehead atoms. The van der Waals surface area contributed by atoms with Crippen molar-refractivity contribution in [3.8, 4) is 0 Å². The van der Waals surface area contributed by atoms with Crippen LogP contribution in [0.25, 0.3) is 49.6 Å². The lowest BCUT2D eigenvalue weighted by molar-refractivity contribution is -0.137. The highest BCUT2D eigenvalue weighted by Crippen LogP contribution is 2.39. The van der Waals surface area contributed by atoms with Crippen LogP contribution in [0.15, 0.2) is 156 Å². The van der Waals surface area contributed by atoms with Gasteiger partial charge in [-0.1, -0.05) is 18.2 Å². The highest BCUT2D eigenvalue weighted by molar-refractivity contribution is 7.90. The van der Waals surface area contributed by atoms with Crippen LogP contribution in [0, 0.1) is 5.82 Å². The molecule has 22 nitrogen and oxygen atoms in total. The standard InChI is InChI=1S/C21H19F3N2O5S.C20H19FN2O5S.C19H19N3O5S/c1-25-9-7-13(8-10-25)16-12-26(17-4-3-14(11-15(16)17)21(22,23)24)32(28,29)19-6-5-18(31-19)20(27)30-2;1-22-9-7-13(8-10-22)16-12-23(17-4-3-14(21)11-15(16)17)29(25,26)19-6-5-18(28-19)20(24)27-2;1-21-10-7-13(8-11-21)15-12-22(18-14(15)4-3-9-20-18)28(24,25)17-6-5-16(27-17)19(23)26-2/h3-7,11-12H,8-10H2,1-2H3;3-7,11-12H,8-10H2,1-2H3;3-7,9,12H,8,10-11H2,1-2H3. The Bertz CT molecular complexity index is 4700. The highest BCUT2D eigenvalue weighted by atomic mass is 32.2. The third-order valence-corrected chi connectivity index (χ3v) is 19.7. The molecular weight excluding hydrogens is 1230 g/mol. The molecule has 3 aliphatic rings. The monoisotopic (exact) mass is 1290 g/mol. The van der Waals surface area contributed by atoms with E-state index >= 15 is 0 Å². The van der Waals surface area contributed by atoms with E-state index in [1.165, 1.54) is 69.1 Å². The van der Waals surface area contributed by atoms with Gasteiger partial charge in [-0.15, -0.1) is 0 Å². The van der Waals surface area contributed by atoms with Gasteiger partial charge >= 0.3 is 54.2 Å². The summed E-state index contributed by atoms with van der Waals surface area (Å²) in [4.78, 5) is 45.5. The normalized spacial score (nSPS) is 15.6. The van der Waals surface area contributed by atoms with Crippen molar-refractivity contribution in [2.24, 2.45) is 0 Å². The zero-order valence-electron chi connectivity index (χ0n) is 48.5. The maximum Gasteiger partial charge on any atom is 0.416 e. The van der Waals surface area contributed by atoms with Crippen LogP contribution in [0.3, 0.4) is 0 Å². The summed E-state index contributed by atoms with van der Waals surface area (Å²) in [7, 11) is -3.11. The van der Waals surface area contributed by atoms with Crippen molar-refractivity contribution in [1.82, 2.24) is 31.6 Å². The first kappa shape index (κ1) is 63.2. The van der Waals surface area contributed by atoms with Gasteiger partial charge < -0.3 is 42.2 Å². The number of fused-ring (bicyclic) bond motifs is 3. The van der Waals surface area contributed by atoms with Crippen LogP contribution in [0.1, 0.15) is 73.2 Å². The Morgan fingerprint density at radius 3 is 1.28 bits per heavy atom. The van der Waals surface area contributed by atoms with E-state index in [1.807, 2.05) is 44.3 Å². The Morgan fingerprint density at radius 2 is 0.888 bits per heavy atom. The van der Waals surface area contributed by atoms with E-state index in [0.29, 0.717) is 47.2 Å². The van der Waals surface area contributed by atoms with E-state index in [0.717, 1.165) is 116 Å². The first-order valence-corrected chi connectivity index (χ1v) is 31.5. The topological polar surface area (TPSA) is 258 Å². The molecule has 7 aromatic heterocycles. The van der Waals surface area contributed by atoms with E-state index in [1.54, 1.807) is 18.5 Å². The molecule has 3 aliphatic heterocycles. The fraction of sp³-hybridized carbons (Fsp3) is 0.267. The molecule has 0 saturated heterocycles. The minimum atomic E-state index is -4.58. The molecule has 0 fully saturated rings. The number of esters is 3. The number of methoxy groups -OCH3 is 3. The number of halogens is 4. The predicted octanol–water partition coefficient (Wildman–Crippen LogP) is 9.48. The predicted molar refractivity (Wildman–Crippen MR) is 317 cm³/mol. The number of pyridine rings is 1. The summed E-state index contributed by atoms with van der Waals surface area (Å²) in [5, 5.41) is 0.144. The average molecular weight is 1290 g/mol. The Balaban J connectivity index is 0.000000147. The lowest BCUT2D eigenvalue weighted by atomic mass is 9.98. The first-order valence-electron chi connectivity index (χ1n) is 27.2. The molecule has 0 radical (unpaired) electrons. The van der Waals surface area contributed by atoms with Crippen molar-refractivity contribution < 1.29 is 84.7 Å². The number of alkyl halides is 3. The van der Waals surface area contributed by atoms with Crippen LogP contribution in [0.4, 0.5) is 17.6 Å². The average Bonchev–Trinajstić information content (AvgIpc) is 1.64. The zero-order chi connectivity index (χ0) is 63.9. The molecule has 89 heavy (non-hydrogen) atoms. The quantitative estimate of drug-likeness (QED) is 0.0626. The van der Waals surface area contributed by atoms with Gasteiger partial charge in [0, 0.05) is 96.9 Å². The number of likely N-dealkylation sites (N-methyl/N-ethyl adjacent to an activating group) is 3. The molecule has 0 unspecified atom stereocenters. The number of furan rings is 3. The number of ether oxygens (including phenoxy) is 3. The van der Waals surface area contributed by atoms with Crippen molar-refractivity contribution >= 4 is 97.5 Å². The third kappa shape index (κ3) is 12.6. The molecule has 12 rings (SSSR count). The zero-order valence-corrected chi connectivity index (χ0v) is 50.9. The number of nitrogens with zero attached hydrogens (tertiary/aromatic N) is 7. The summed E-state index contributed by atoms with van der Waals surface area (Å²) in [5.41, 5.74) is 4.55. The molecule has 0 saturated carbocycles. The van der Waals surface area contributed by atoms with Crippen LogP contribution in [0.5, 0.6) is 0 Å². The summed E-state index contributed by atoms with van der Waals surface area (Å²) in [6.45, 7) is 4.52. The van der Waals surface area contributed by atoms with Gasteiger partial charge in [-0.3, -0.25) is 0 Å². The van der Waals surface area contributed by atoms with Gasteiger partial charge in [0.25, 0.3) is 0 Å². The molecule has 0 atom stereocenters. The number of hydrogen-bond donors (Lipinski definition) is 0. The Hall–Kier alpha value is -8.87. The Labute approximate surface area is 507 Å². The SMILES string of the molecule is COC(=O)c1ccc(S(=O)(=O)n2cc(C3=CCN(C)CC3)c3cc(C(F)(F)F)ccc32)o1.COC(=O)c1ccc(S(=O)(=O)n2cc(C3=CCN(C)CC3)c3cc(F)ccc32)o1.COC(=O)c1ccc(S(=O)(=O)n2cc(C3=CCN(C)CC3)c3cccnc32)o1. The molecule has 10 heterocycles. The van der Waals surface area contributed by atoms with Gasteiger partial charge in [0.15, 0.2) is 5.65 Å². The first-order chi connectivity index (χ1) is 42.2. The Kier molecular flexibility index (Phi) is 17.7. The van der Waals surface area contributed by atoms with Gasteiger partial charge in [-0.05, 0) is 142 Å². The number of hydrogen-bond acceptors (Lipinski definition) is 19. The second-order valence-electron chi connectivity index (χ2n) is 20.9. The van der Waals surface area contributed by atoms with Gasteiger partial charge in [0.1, 0.15) is 5.82 Å². The smallest absolute Gasteiger partial charge is 0.416 e. The fourth-order valence-corrected chi connectivity index (χ4v) is 14.1. The van der Waals surface area contributed by atoms with Crippen LogP contribution in [-0.2, 0) is 50.5 Å². The minimum Gasteiger partial charge on any atom is -0.463 e. The fourth-order valence-electron chi connectivity index (χ4n) is 10.3. The van der Waals surface area contributed by atoms with E-state index in [2.05, 4.69) is 35.1 Å². The maximum absolute atomic E-state index is 13.9. The van der Waals surface area contributed by atoms with Crippen LogP contribution in [-0.4, -0.2) is 157 Å². The van der Waals surface area contributed by atoms with Crippen LogP contribution >= 0.6 is 0 Å². The van der Waals surface area contributed by atoms with Crippen molar-refractivity contribution in [1.29, 1.82) is 0 Å². The van der Waals surface area contributed by atoms with Crippen LogP contribution in [0.2, 0.25) is 0 Å². The lowest BCUT2D eigenvalue weighted by Crippen LogP contribution is -2.23. The van der Waals surface area contributed by atoms with E-state index in [9.17, 15) is 57.2 Å². The van der Waals surface area contributed by atoms with Gasteiger partial charge in [0.05, 0.1) is 37.9 Å². The summed E-state index contributed by atoms with van der Waals surface area (Å²) in [6, 6.07) is 17.7. The summed E-state index contributed by atoms with van der Waals surface area (Å²) < 4.78 is 166. The molecule has 0 spiro atoms. The summed E-state index contributed by atoms with van der Waals surface area (Å²) in [5.74, 6) is -3.52. The molecule has 468 valence electrons. The summed E-state index contributed by atoms with van der Waals surface area (Å²) >= 11 is 0. The highest BCUT2D eigenvalue weighted by Gasteiger charge is 2.34. The number of benzene rings is 2. The number of carbonyl (C=O) groups is 3. The molecule has 0 N–H and O–H groups in total. The van der Waals surface area contributed by atoms with Gasteiger partial charge in [0.2, 0.25) is 32.6 Å². The van der Waals surface area contributed by atoms with Crippen molar-refractivity contribution in [2.75, 3.05) is 81.7 Å².